The lowest BCUT2D eigenvalue weighted by Gasteiger charge is -2.29. The highest BCUT2D eigenvalue weighted by atomic mass is 19.1. The van der Waals surface area contributed by atoms with Gasteiger partial charge in [-0.1, -0.05) is 0 Å². The molecule has 9 heteroatoms. The van der Waals surface area contributed by atoms with Crippen molar-refractivity contribution < 1.29 is 18.3 Å². The van der Waals surface area contributed by atoms with Crippen LogP contribution in [0.25, 0.3) is 22.4 Å². The van der Waals surface area contributed by atoms with Crippen molar-refractivity contribution in [3.8, 4) is 11.4 Å². The Morgan fingerprint density at radius 2 is 1.94 bits per heavy atom. The first-order valence-electron chi connectivity index (χ1n) is 10.1. The van der Waals surface area contributed by atoms with Gasteiger partial charge in [-0.3, -0.25) is 4.79 Å². The second-order valence-corrected chi connectivity index (χ2v) is 7.37. The average Bonchev–Trinajstić information content (AvgIpc) is 3.24. The Morgan fingerprint density at radius 1 is 1.09 bits per heavy atom. The van der Waals surface area contributed by atoms with E-state index in [1.807, 2.05) is 4.90 Å². The summed E-state index contributed by atoms with van der Waals surface area (Å²) in [5.74, 6) is -0.606. The van der Waals surface area contributed by atoms with Gasteiger partial charge in [0.2, 0.25) is 0 Å². The summed E-state index contributed by atoms with van der Waals surface area (Å²) in [6.45, 7) is 2.50. The smallest absolute Gasteiger partial charge is 0.259 e. The number of fused-ring (bicyclic) bond motifs is 1. The summed E-state index contributed by atoms with van der Waals surface area (Å²) in [6, 6.07) is 11.8. The molecule has 2 aromatic heterocycles. The van der Waals surface area contributed by atoms with E-state index in [4.69, 9.17) is 4.74 Å². The van der Waals surface area contributed by atoms with Crippen molar-refractivity contribution >= 4 is 28.4 Å². The molecular weight excluding hydrogens is 416 g/mol. The van der Waals surface area contributed by atoms with Crippen molar-refractivity contribution in [1.82, 2.24) is 15.0 Å². The third-order valence-electron chi connectivity index (χ3n) is 5.27. The fourth-order valence-electron chi connectivity index (χ4n) is 3.69. The van der Waals surface area contributed by atoms with Crippen LogP contribution in [0.4, 0.5) is 20.3 Å². The molecule has 1 saturated heterocycles. The van der Waals surface area contributed by atoms with E-state index >= 15 is 0 Å². The number of anilines is 2. The Balaban J connectivity index is 1.41. The molecule has 4 aromatic rings. The summed E-state index contributed by atoms with van der Waals surface area (Å²) in [5, 5.41) is 2.88. The number of nitrogens with zero attached hydrogens (tertiary/aromatic N) is 3. The van der Waals surface area contributed by atoms with E-state index in [1.165, 1.54) is 0 Å². The van der Waals surface area contributed by atoms with Gasteiger partial charge in [0.1, 0.15) is 23.3 Å². The Hall–Kier alpha value is -3.85. The molecule has 0 radical (unpaired) electrons. The topological polar surface area (TPSA) is 83.1 Å². The molecule has 0 unspecified atom stereocenters. The standard InChI is InChI=1S/C23H19F2N5O2/c24-14-3-5-18(25)17(12-14)21-28-19-6-4-15(13-20(19)29-21)27-23(31)16-2-1-7-26-22(16)30-8-10-32-11-9-30/h1-7,12-13H,8-11H2,(H,27,31)(H,28,29). The Bertz CT molecular complexity index is 1300. The lowest BCUT2D eigenvalue weighted by molar-refractivity contribution is 0.102. The Kier molecular flexibility index (Phi) is 5.24. The van der Waals surface area contributed by atoms with Gasteiger partial charge in [-0.05, 0) is 48.5 Å². The van der Waals surface area contributed by atoms with Crippen molar-refractivity contribution in [2.75, 3.05) is 36.5 Å². The molecule has 0 spiro atoms. The zero-order chi connectivity index (χ0) is 22.1. The number of carbonyl (C=O) groups excluding carboxylic acids is 1. The number of benzene rings is 2. The van der Waals surface area contributed by atoms with Crippen molar-refractivity contribution in [1.29, 1.82) is 0 Å². The molecule has 2 N–H and O–H groups in total. The van der Waals surface area contributed by atoms with E-state index < -0.39 is 11.6 Å². The van der Waals surface area contributed by atoms with Gasteiger partial charge in [0.15, 0.2) is 0 Å². The van der Waals surface area contributed by atoms with Crippen LogP contribution in [0.15, 0.2) is 54.7 Å². The number of imidazole rings is 1. The minimum Gasteiger partial charge on any atom is -0.378 e. The number of rotatable bonds is 4. The third kappa shape index (κ3) is 3.90. The summed E-state index contributed by atoms with van der Waals surface area (Å²) in [7, 11) is 0. The lowest BCUT2D eigenvalue weighted by atomic mass is 10.2. The fourth-order valence-corrected chi connectivity index (χ4v) is 3.69. The second kappa shape index (κ2) is 8.35. The number of ether oxygens (including phenoxy) is 1. The van der Waals surface area contributed by atoms with Gasteiger partial charge >= 0.3 is 0 Å². The van der Waals surface area contributed by atoms with E-state index in [1.54, 1.807) is 36.5 Å². The summed E-state index contributed by atoms with van der Waals surface area (Å²) < 4.78 is 33.0. The van der Waals surface area contributed by atoms with Crippen LogP contribution in [-0.4, -0.2) is 47.2 Å². The summed E-state index contributed by atoms with van der Waals surface area (Å²) in [4.78, 5) is 26.7. The largest absolute Gasteiger partial charge is 0.378 e. The van der Waals surface area contributed by atoms with Crippen LogP contribution in [0, 0.1) is 11.6 Å². The maximum Gasteiger partial charge on any atom is 0.259 e. The van der Waals surface area contributed by atoms with Crippen LogP contribution >= 0.6 is 0 Å². The Morgan fingerprint density at radius 3 is 2.78 bits per heavy atom. The van der Waals surface area contributed by atoms with Crippen molar-refractivity contribution in [3.05, 3.63) is 71.9 Å². The average molecular weight is 435 g/mol. The second-order valence-electron chi connectivity index (χ2n) is 7.37. The first-order chi connectivity index (χ1) is 15.6. The van der Waals surface area contributed by atoms with Crippen LogP contribution in [0.1, 0.15) is 10.4 Å². The molecule has 1 fully saturated rings. The van der Waals surface area contributed by atoms with E-state index in [9.17, 15) is 13.6 Å². The summed E-state index contributed by atoms with van der Waals surface area (Å²) in [5.41, 5.74) is 2.19. The van der Waals surface area contributed by atoms with Crippen LogP contribution in [0.3, 0.4) is 0 Å². The van der Waals surface area contributed by atoms with Crippen LogP contribution in [0.2, 0.25) is 0 Å². The molecule has 32 heavy (non-hydrogen) atoms. The summed E-state index contributed by atoms with van der Waals surface area (Å²) in [6.07, 6.45) is 1.66. The molecule has 3 heterocycles. The number of hydrogen-bond acceptors (Lipinski definition) is 5. The first-order valence-corrected chi connectivity index (χ1v) is 10.1. The normalized spacial score (nSPS) is 14.0. The maximum absolute atomic E-state index is 14.1. The number of H-pyrrole nitrogens is 1. The molecule has 5 rings (SSSR count). The number of carbonyl (C=O) groups is 1. The quantitative estimate of drug-likeness (QED) is 0.507. The zero-order valence-corrected chi connectivity index (χ0v) is 16.9. The van der Waals surface area contributed by atoms with Crippen LogP contribution < -0.4 is 10.2 Å². The van der Waals surface area contributed by atoms with Gasteiger partial charge in [0.25, 0.3) is 5.91 Å². The molecule has 0 atom stereocenters. The molecule has 0 saturated carbocycles. The van der Waals surface area contributed by atoms with Crippen molar-refractivity contribution in [2.24, 2.45) is 0 Å². The number of aromatic nitrogens is 3. The Labute approximate surface area is 182 Å². The van der Waals surface area contributed by atoms with Crippen molar-refractivity contribution in [2.45, 2.75) is 0 Å². The third-order valence-corrected chi connectivity index (χ3v) is 5.27. The highest BCUT2D eigenvalue weighted by molar-refractivity contribution is 6.08. The SMILES string of the molecule is O=C(Nc1ccc2nc(-c3cc(F)ccc3F)[nH]c2c1)c1cccnc1N1CCOCC1. The van der Waals surface area contributed by atoms with Gasteiger partial charge in [-0.2, -0.15) is 0 Å². The molecule has 0 aliphatic carbocycles. The minimum absolute atomic E-state index is 0.0392. The predicted molar refractivity (Wildman–Crippen MR) is 117 cm³/mol. The van der Waals surface area contributed by atoms with Gasteiger partial charge in [0, 0.05) is 25.0 Å². The van der Waals surface area contributed by atoms with Crippen LogP contribution in [-0.2, 0) is 4.74 Å². The number of halogens is 2. The van der Waals surface area contributed by atoms with E-state index in [2.05, 4.69) is 20.3 Å². The fraction of sp³-hybridized carbons (Fsp3) is 0.174. The highest BCUT2D eigenvalue weighted by Gasteiger charge is 2.20. The predicted octanol–water partition coefficient (Wildman–Crippen LogP) is 3.99. The zero-order valence-electron chi connectivity index (χ0n) is 16.9. The molecule has 162 valence electrons. The van der Waals surface area contributed by atoms with Gasteiger partial charge in [0.05, 0.1) is 35.4 Å². The minimum atomic E-state index is -0.578. The molecule has 0 bridgehead atoms. The van der Waals surface area contributed by atoms with Gasteiger partial charge in [-0.15, -0.1) is 0 Å². The number of aromatic amines is 1. The number of pyridine rings is 1. The van der Waals surface area contributed by atoms with E-state index in [0.717, 1.165) is 18.2 Å². The number of morpholine rings is 1. The number of hydrogen-bond donors (Lipinski definition) is 2. The number of nitrogens with one attached hydrogen (secondary N) is 2. The van der Waals surface area contributed by atoms with Gasteiger partial charge < -0.3 is 19.9 Å². The van der Waals surface area contributed by atoms with Gasteiger partial charge in [-0.25, -0.2) is 18.7 Å². The number of amides is 1. The highest BCUT2D eigenvalue weighted by Crippen LogP contribution is 2.26. The molecule has 1 amide bonds. The van der Waals surface area contributed by atoms with E-state index in [-0.39, 0.29) is 17.3 Å². The molecule has 7 nitrogen and oxygen atoms in total. The summed E-state index contributed by atoms with van der Waals surface area (Å²) >= 11 is 0. The molecule has 1 aliphatic heterocycles. The lowest BCUT2D eigenvalue weighted by Crippen LogP contribution is -2.38. The van der Waals surface area contributed by atoms with Crippen LogP contribution in [0.5, 0.6) is 0 Å². The monoisotopic (exact) mass is 435 g/mol. The van der Waals surface area contributed by atoms with Crippen molar-refractivity contribution in [3.63, 3.8) is 0 Å². The molecule has 1 aliphatic rings. The molecular formula is C23H19F2N5O2. The van der Waals surface area contributed by atoms with E-state index in [0.29, 0.717) is 54.4 Å². The first kappa shape index (κ1) is 20.1. The molecule has 2 aromatic carbocycles. The maximum atomic E-state index is 14.1.